The van der Waals surface area contributed by atoms with Gasteiger partial charge in [-0.1, -0.05) is 17.8 Å². The fourth-order valence-corrected chi connectivity index (χ4v) is 2.00. The molecule has 0 radical (unpaired) electrons. The molecule has 0 fully saturated rings. The molecule has 0 amide bonds. The van der Waals surface area contributed by atoms with Crippen LogP contribution in [0.25, 0.3) is 0 Å². The number of nitrogens with zero attached hydrogens (tertiary/aromatic N) is 2. The minimum absolute atomic E-state index is 0.399. The Morgan fingerprint density at radius 1 is 1.00 bits per heavy atom. The average Bonchev–Trinajstić information content (AvgIpc) is 2.39. The van der Waals surface area contributed by atoms with E-state index in [1.165, 1.54) is 17.8 Å². The Bertz CT molecular complexity index is 538. The molecule has 2 heterocycles. The van der Waals surface area contributed by atoms with Crippen molar-refractivity contribution in [2.24, 2.45) is 5.73 Å². The molecule has 3 nitrogen and oxygen atoms in total. The normalized spacial score (nSPS) is 11.6. The molecular weight excluding hydrogens is 275 g/mol. The number of nitrogens with two attached hydrogens (primary N) is 1. The first-order valence-corrected chi connectivity index (χ1v) is 6.17. The van der Waals surface area contributed by atoms with Crippen molar-refractivity contribution in [2.75, 3.05) is 0 Å². The number of alkyl halides is 3. The number of aromatic nitrogens is 2. The summed E-state index contributed by atoms with van der Waals surface area (Å²) in [4.78, 5) is 7.90. The van der Waals surface area contributed by atoms with Crippen molar-refractivity contribution in [3.63, 3.8) is 0 Å². The second kappa shape index (κ2) is 5.58. The molecule has 7 heteroatoms. The van der Waals surface area contributed by atoms with E-state index in [0.29, 0.717) is 16.6 Å². The van der Waals surface area contributed by atoms with E-state index in [1.54, 1.807) is 12.3 Å². The molecule has 19 heavy (non-hydrogen) atoms. The molecule has 0 saturated carbocycles. The van der Waals surface area contributed by atoms with E-state index in [0.717, 1.165) is 17.8 Å². The topological polar surface area (TPSA) is 51.8 Å². The lowest BCUT2D eigenvalue weighted by Gasteiger charge is -2.06. The molecular formula is C12H10F3N3S. The SMILES string of the molecule is NCc1ccc(Sc2ccc(C(F)(F)F)cn2)nc1. The van der Waals surface area contributed by atoms with E-state index in [-0.39, 0.29) is 0 Å². The van der Waals surface area contributed by atoms with Crippen LogP contribution in [0.1, 0.15) is 11.1 Å². The molecule has 2 rings (SSSR count). The maximum absolute atomic E-state index is 12.4. The zero-order valence-corrected chi connectivity index (χ0v) is 10.5. The first-order chi connectivity index (χ1) is 8.99. The minimum atomic E-state index is -4.36. The van der Waals surface area contributed by atoms with Gasteiger partial charge in [-0.25, -0.2) is 9.97 Å². The smallest absolute Gasteiger partial charge is 0.326 e. The fraction of sp³-hybridized carbons (Fsp3) is 0.167. The van der Waals surface area contributed by atoms with Crippen molar-refractivity contribution < 1.29 is 13.2 Å². The third-order valence-electron chi connectivity index (χ3n) is 2.31. The van der Waals surface area contributed by atoms with E-state index < -0.39 is 11.7 Å². The van der Waals surface area contributed by atoms with Gasteiger partial charge >= 0.3 is 6.18 Å². The molecule has 0 aliphatic carbocycles. The van der Waals surface area contributed by atoms with E-state index >= 15 is 0 Å². The van der Waals surface area contributed by atoms with Gasteiger partial charge in [-0.2, -0.15) is 13.2 Å². The summed E-state index contributed by atoms with van der Waals surface area (Å²) < 4.78 is 37.1. The first-order valence-electron chi connectivity index (χ1n) is 5.35. The lowest BCUT2D eigenvalue weighted by atomic mass is 10.3. The van der Waals surface area contributed by atoms with Gasteiger partial charge in [0.05, 0.1) is 5.56 Å². The number of pyridine rings is 2. The predicted octanol–water partition coefficient (Wildman–Crippen LogP) is 3.11. The van der Waals surface area contributed by atoms with Crippen molar-refractivity contribution in [1.82, 2.24) is 9.97 Å². The molecule has 0 spiro atoms. The highest BCUT2D eigenvalue weighted by Gasteiger charge is 2.30. The van der Waals surface area contributed by atoms with Crippen LogP contribution < -0.4 is 5.73 Å². The molecule has 2 aromatic rings. The summed E-state index contributed by atoms with van der Waals surface area (Å²) in [5.41, 5.74) is 5.58. The third kappa shape index (κ3) is 3.68. The molecule has 0 aliphatic heterocycles. The van der Waals surface area contributed by atoms with Gasteiger partial charge in [0, 0.05) is 18.9 Å². The van der Waals surface area contributed by atoms with Crippen LogP contribution in [0.15, 0.2) is 46.7 Å². The van der Waals surface area contributed by atoms with Gasteiger partial charge in [-0.3, -0.25) is 0 Å². The molecule has 0 bridgehead atoms. The monoisotopic (exact) mass is 285 g/mol. The van der Waals surface area contributed by atoms with Crippen LogP contribution >= 0.6 is 11.8 Å². The number of hydrogen-bond acceptors (Lipinski definition) is 4. The molecule has 0 unspecified atom stereocenters. The van der Waals surface area contributed by atoms with Gasteiger partial charge in [0.2, 0.25) is 0 Å². The summed E-state index contributed by atoms with van der Waals surface area (Å²) in [5, 5.41) is 1.12. The van der Waals surface area contributed by atoms with E-state index in [9.17, 15) is 13.2 Å². The number of rotatable bonds is 3. The van der Waals surface area contributed by atoms with Crippen LogP contribution in [0, 0.1) is 0 Å². The second-order valence-corrected chi connectivity index (χ2v) is 4.73. The third-order valence-corrected chi connectivity index (χ3v) is 3.21. The largest absolute Gasteiger partial charge is 0.417 e. The molecule has 0 saturated heterocycles. The van der Waals surface area contributed by atoms with Gasteiger partial charge in [-0.15, -0.1) is 0 Å². The molecule has 2 N–H and O–H groups in total. The fourth-order valence-electron chi connectivity index (χ4n) is 1.31. The van der Waals surface area contributed by atoms with E-state index in [4.69, 9.17) is 5.73 Å². The molecule has 0 aliphatic rings. The molecule has 2 aromatic heterocycles. The Kier molecular flexibility index (Phi) is 4.06. The number of halogens is 3. The van der Waals surface area contributed by atoms with Gasteiger partial charge < -0.3 is 5.73 Å². The standard InChI is InChI=1S/C12H10F3N3S/c13-12(14,15)9-2-4-11(18-7-9)19-10-3-1-8(5-16)6-17-10/h1-4,6-7H,5,16H2. The quantitative estimate of drug-likeness (QED) is 0.941. The van der Waals surface area contributed by atoms with E-state index in [1.807, 2.05) is 6.07 Å². The van der Waals surface area contributed by atoms with Crippen molar-refractivity contribution >= 4 is 11.8 Å². The van der Waals surface area contributed by atoms with Crippen molar-refractivity contribution in [3.05, 3.63) is 47.8 Å². The highest BCUT2D eigenvalue weighted by molar-refractivity contribution is 7.99. The summed E-state index contributed by atoms with van der Waals surface area (Å²) in [5.74, 6) is 0. The molecule has 0 atom stereocenters. The maximum Gasteiger partial charge on any atom is 0.417 e. The van der Waals surface area contributed by atoms with Crippen LogP contribution in [0.4, 0.5) is 13.2 Å². The van der Waals surface area contributed by atoms with Crippen LogP contribution in [0.5, 0.6) is 0 Å². The van der Waals surface area contributed by atoms with E-state index in [2.05, 4.69) is 9.97 Å². The van der Waals surface area contributed by atoms with Gasteiger partial charge in [-0.05, 0) is 23.8 Å². The maximum atomic E-state index is 12.4. The molecule has 0 aromatic carbocycles. The summed E-state index contributed by atoms with van der Waals surface area (Å²) in [7, 11) is 0. The van der Waals surface area contributed by atoms with Crippen LogP contribution in [0.3, 0.4) is 0 Å². The Morgan fingerprint density at radius 2 is 1.63 bits per heavy atom. The Hall–Kier alpha value is -1.60. The highest BCUT2D eigenvalue weighted by Crippen LogP contribution is 2.30. The van der Waals surface area contributed by atoms with Crippen molar-refractivity contribution in [1.29, 1.82) is 0 Å². The van der Waals surface area contributed by atoms with Crippen LogP contribution in [0.2, 0.25) is 0 Å². The Morgan fingerprint density at radius 3 is 2.05 bits per heavy atom. The van der Waals surface area contributed by atoms with Crippen LogP contribution in [-0.2, 0) is 12.7 Å². The second-order valence-electron chi connectivity index (χ2n) is 3.69. The molecule has 100 valence electrons. The first kappa shape index (κ1) is 13.8. The van der Waals surface area contributed by atoms with Crippen LogP contribution in [-0.4, -0.2) is 9.97 Å². The van der Waals surface area contributed by atoms with Crippen molar-refractivity contribution in [3.8, 4) is 0 Å². The Balaban J connectivity index is 2.10. The summed E-state index contributed by atoms with van der Waals surface area (Å²) in [6, 6.07) is 5.90. The van der Waals surface area contributed by atoms with Gasteiger partial charge in [0.25, 0.3) is 0 Å². The zero-order chi connectivity index (χ0) is 13.9. The summed E-state index contributed by atoms with van der Waals surface area (Å²) in [6.07, 6.45) is -1.92. The lowest BCUT2D eigenvalue weighted by Crippen LogP contribution is -2.05. The minimum Gasteiger partial charge on any atom is -0.326 e. The van der Waals surface area contributed by atoms with Gasteiger partial charge in [0.15, 0.2) is 0 Å². The van der Waals surface area contributed by atoms with Crippen molar-refractivity contribution in [2.45, 2.75) is 22.8 Å². The highest BCUT2D eigenvalue weighted by atomic mass is 32.2. The average molecular weight is 285 g/mol. The number of hydrogen-bond donors (Lipinski definition) is 1. The predicted molar refractivity (Wildman–Crippen MR) is 65.5 cm³/mol. The lowest BCUT2D eigenvalue weighted by molar-refractivity contribution is -0.137. The van der Waals surface area contributed by atoms with Gasteiger partial charge in [0.1, 0.15) is 10.1 Å². The summed E-state index contributed by atoms with van der Waals surface area (Å²) >= 11 is 1.20. The summed E-state index contributed by atoms with van der Waals surface area (Å²) in [6.45, 7) is 0.399. The zero-order valence-electron chi connectivity index (χ0n) is 9.69. The Labute approximate surface area is 112 Å².